The van der Waals surface area contributed by atoms with E-state index in [1.807, 2.05) is 20.8 Å². The van der Waals surface area contributed by atoms with Gasteiger partial charge in [0, 0.05) is 17.9 Å². The molecule has 0 spiro atoms. The Labute approximate surface area is 240 Å². The highest BCUT2D eigenvalue weighted by molar-refractivity contribution is 6.74. The third-order valence-electron chi connectivity index (χ3n) is 12.0. The van der Waals surface area contributed by atoms with Gasteiger partial charge in [-0.3, -0.25) is 9.59 Å². The predicted octanol–water partition coefficient (Wildman–Crippen LogP) is 8.89. The van der Waals surface area contributed by atoms with Crippen LogP contribution in [0.3, 0.4) is 0 Å². The lowest BCUT2D eigenvalue weighted by molar-refractivity contribution is -0.153. The Morgan fingerprint density at radius 2 is 1.67 bits per heavy atom. The Morgan fingerprint density at radius 3 is 2.31 bits per heavy atom. The molecule has 0 aromatic heterocycles. The van der Waals surface area contributed by atoms with E-state index in [1.165, 1.54) is 19.3 Å². The van der Waals surface area contributed by atoms with E-state index in [4.69, 9.17) is 9.16 Å². The number of carbonyl (C=O) groups is 2. The Balaban J connectivity index is 1.43. The van der Waals surface area contributed by atoms with Crippen molar-refractivity contribution in [2.75, 3.05) is 6.61 Å². The summed E-state index contributed by atoms with van der Waals surface area (Å²) < 4.78 is 12.4. The van der Waals surface area contributed by atoms with Crippen molar-refractivity contribution in [3.63, 3.8) is 0 Å². The van der Waals surface area contributed by atoms with E-state index < -0.39 is 13.7 Å². The van der Waals surface area contributed by atoms with Gasteiger partial charge in [0.2, 0.25) is 0 Å². The number of hydrogen-bond donors (Lipinski definition) is 0. The number of ketones is 1. The third-order valence-corrected chi connectivity index (χ3v) is 16.5. The third kappa shape index (κ3) is 5.87. The first kappa shape index (κ1) is 31.0. The predicted molar refractivity (Wildman–Crippen MR) is 162 cm³/mol. The number of carbonyl (C=O) groups excluding carboxylic acids is 2. The zero-order chi connectivity index (χ0) is 29.0. The van der Waals surface area contributed by atoms with Crippen LogP contribution in [0.5, 0.6) is 0 Å². The minimum atomic E-state index is -1.78. The number of fused-ring (bicyclic) bond motifs is 5. The van der Waals surface area contributed by atoms with E-state index in [9.17, 15) is 9.59 Å². The van der Waals surface area contributed by atoms with Crippen molar-refractivity contribution in [2.24, 2.45) is 39.9 Å². The monoisotopic (exact) mass is 558 g/mol. The van der Waals surface area contributed by atoms with E-state index in [-0.39, 0.29) is 21.8 Å². The van der Waals surface area contributed by atoms with Crippen LogP contribution >= 0.6 is 0 Å². The Kier molecular flexibility index (Phi) is 8.52. The first-order valence-corrected chi connectivity index (χ1v) is 18.9. The molecule has 0 amide bonds. The second-order valence-corrected chi connectivity index (χ2v) is 21.4. The molecule has 0 bridgehead atoms. The van der Waals surface area contributed by atoms with Crippen molar-refractivity contribution >= 4 is 20.1 Å². The van der Waals surface area contributed by atoms with Gasteiger partial charge in [-0.15, -0.1) is 0 Å². The van der Waals surface area contributed by atoms with Crippen molar-refractivity contribution in [3.05, 3.63) is 11.6 Å². The smallest absolute Gasteiger partial charge is 0.311 e. The molecule has 3 fully saturated rings. The Morgan fingerprint density at radius 1 is 1.00 bits per heavy atom. The minimum absolute atomic E-state index is 0.122. The fourth-order valence-electron chi connectivity index (χ4n) is 8.54. The van der Waals surface area contributed by atoms with Gasteiger partial charge in [-0.2, -0.15) is 0 Å². The van der Waals surface area contributed by atoms with Crippen LogP contribution in [0.4, 0.5) is 0 Å². The maximum atomic E-state index is 13.4. The zero-order valence-corrected chi connectivity index (χ0v) is 27.9. The molecule has 0 unspecified atom stereocenters. The lowest BCUT2D eigenvalue weighted by atomic mass is 9.47. The van der Waals surface area contributed by atoms with Gasteiger partial charge in [-0.05, 0) is 126 Å². The van der Waals surface area contributed by atoms with Gasteiger partial charge >= 0.3 is 5.97 Å². The van der Waals surface area contributed by atoms with E-state index in [1.54, 1.807) is 5.57 Å². The van der Waals surface area contributed by atoms with Crippen molar-refractivity contribution in [3.8, 4) is 0 Å². The molecule has 39 heavy (non-hydrogen) atoms. The molecule has 0 heterocycles. The number of rotatable bonds is 7. The molecule has 3 saturated carbocycles. The summed E-state index contributed by atoms with van der Waals surface area (Å²) in [5, 5.41) is 0.242. The highest BCUT2D eigenvalue weighted by Crippen LogP contribution is 2.66. The quantitative estimate of drug-likeness (QED) is 0.135. The number of allylic oxidation sites excluding steroid dienone is 1. The SMILES string of the molecule is CC(C)(C)C(=O)OCCCC[C@@H]1CC(=O)[C@@]2(C)CC[C@H]3[C@@H](CC=C4C[C@@H](O[Si](C)(C)C(C)(C)C)CC[C@@]43C)[C@H]12. The summed E-state index contributed by atoms with van der Waals surface area (Å²) in [6.07, 6.45) is 13.6. The topological polar surface area (TPSA) is 52.6 Å². The molecule has 0 N–H and O–H groups in total. The lowest BCUT2D eigenvalue weighted by Gasteiger charge is -2.58. The molecule has 222 valence electrons. The molecule has 0 aromatic carbocycles. The van der Waals surface area contributed by atoms with Crippen LogP contribution in [0, 0.1) is 39.9 Å². The van der Waals surface area contributed by atoms with Gasteiger partial charge in [-0.25, -0.2) is 0 Å². The van der Waals surface area contributed by atoms with Crippen molar-refractivity contribution in [1.82, 2.24) is 0 Å². The minimum Gasteiger partial charge on any atom is -0.465 e. The first-order chi connectivity index (χ1) is 17.9. The van der Waals surface area contributed by atoms with Crippen LogP contribution in [0.15, 0.2) is 11.6 Å². The summed E-state index contributed by atoms with van der Waals surface area (Å²) in [5.74, 6) is 2.67. The van der Waals surface area contributed by atoms with Gasteiger partial charge in [0.05, 0.1) is 12.0 Å². The molecule has 0 radical (unpaired) electrons. The summed E-state index contributed by atoms with van der Waals surface area (Å²) in [4.78, 5) is 25.5. The van der Waals surface area contributed by atoms with Gasteiger partial charge in [-0.1, -0.05) is 46.3 Å². The summed E-state index contributed by atoms with van der Waals surface area (Å²) in [6.45, 7) is 22.8. The second kappa shape index (κ2) is 10.7. The number of hydrogen-bond acceptors (Lipinski definition) is 4. The molecule has 0 aromatic rings. The lowest BCUT2D eigenvalue weighted by Crippen LogP contribution is -2.52. The molecule has 0 saturated heterocycles. The largest absolute Gasteiger partial charge is 0.465 e. The number of Topliss-reactive ketones (excluding diaryl/α,β-unsaturated/α-hetero) is 1. The van der Waals surface area contributed by atoms with Crippen LogP contribution < -0.4 is 0 Å². The molecular formula is C34H58O4Si. The normalized spacial score (nSPS) is 37.0. The molecule has 4 aliphatic carbocycles. The molecule has 4 aliphatic rings. The average molecular weight is 559 g/mol. The fraction of sp³-hybridized carbons (Fsp3) is 0.882. The van der Waals surface area contributed by atoms with Crippen LogP contribution in [-0.4, -0.2) is 32.8 Å². The molecule has 0 aliphatic heterocycles. The van der Waals surface area contributed by atoms with Crippen molar-refractivity contribution in [1.29, 1.82) is 0 Å². The van der Waals surface area contributed by atoms with Gasteiger partial charge in [0.1, 0.15) is 5.78 Å². The van der Waals surface area contributed by atoms with E-state index in [2.05, 4.69) is 53.8 Å². The highest BCUT2D eigenvalue weighted by Gasteiger charge is 2.61. The van der Waals surface area contributed by atoms with Crippen LogP contribution in [0.2, 0.25) is 18.1 Å². The van der Waals surface area contributed by atoms with Gasteiger partial charge < -0.3 is 9.16 Å². The van der Waals surface area contributed by atoms with Crippen LogP contribution in [0.25, 0.3) is 0 Å². The Hall–Kier alpha value is -0.943. The molecule has 7 atom stereocenters. The summed E-state index contributed by atoms with van der Waals surface area (Å²) in [6, 6.07) is 0. The molecular weight excluding hydrogens is 500 g/mol. The molecule has 4 rings (SSSR count). The maximum Gasteiger partial charge on any atom is 0.311 e. The van der Waals surface area contributed by atoms with Crippen LogP contribution in [-0.2, 0) is 18.8 Å². The van der Waals surface area contributed by atoms with E-state index in [0.717, 1.165) is 44.9 Å². The highest BCUT2D eigenvalue weighted by atomic mass is 28.4. The summed E-state index contributed by atoms with van der Waals surface area (Å²) >= 11 is 0. The summed E-state index contributed by atoms with van der Waals surface area (Å²) in [5.41, 5.74) is 1.32. The number of ether oxygens (including phenoxy) is 1. The van der Waals surface area contributed by atoms with E-state index >= 15 is 0 Å². The first-order valence-electron chi connectivity index (χ1n) is 16.0. The summed E-state index contributed by atoms with van der Waals surface area (Å²) in [7, 11) is -1.78. The van der Waals surface area contributed by atoms with Gasteiger partial charge in [0.15, 0.2) is 8.32 Å². The zero-order valence-electron chi connectivity index (χ0n) is 26.9. The van der Waals surface area contributed by atoms with Crippen LogP contribution in [0.1, 0.15) is 120 Å². The number of unbranched alkanes of at least 4 members (excludes halogenated alkanes) is 1. The maximum absolute atomic E-state index is 13.4. The molecule has 4 nitrogen and oxygen atoms in total. The van der Waals surface area contributed by atoms with Gasteiger partial charge in [0.25, 0.3) is 0 Å². The van der Waals surface area contributed by atoms with Crippen molar-refractivity contribution in [2.45, 2.75) is 144 Å². The standard InChI is InChI=1S/C34H58O4Si/c1-31(2,3)30(36)37-20-12-11-13-23-21-28(35)34(8)19-17-27-26(29(23)34)15-14-24-22-25(16-18-33(24,27)7)38-39(9,10)32(4,5)6/h14,23,25-27,29H,11-13,15-22H2,1-10H3/t23-,25+,26-,27+,29+,33+,34-/m1/s1. The average Bonchev–Trinajstić information content (AvgIpc) is 3.07. The Bertz CT molecular complexity index is 969. The molecule has 5 heteroatoms. The van der Waals surface area contributed by atoms with E-state index in [0.29, 0.717) is 42.2 Å². The van der Waals surface area contributed by atoms with Crippen molar-refractivity contribution < 1.29 is 18.8 Å². The second-order valence-electron chi connectivity index (χ2n) is 16.6. The fourth-order valence-corrected chi connectivity index (χ4v) is 9.93. The number of esters is 1.